The predicted molar refractivity (Wildman–Crippen MR) is 105 cm³/mol. The summed E-state index contributed by atoms with van der Waals surface area (Å²) in [5, 5.41) is 0. The maximum absolute atomic E-state index is 13.2. The smallest absolute Gasteiger partial charge is 0.229 e. The molecule has 152 valence electrons. The summed E-state index contributed by atoms with van der Waals surface area (Å²) < 4.78 is 27.9. The Morgan fingerprint density at radius 2 is 1.64 bits per heavy atom. The van der Waals surface area contributed by atoms with Crippen LogP contribution >= 0.6 is 0 Å². The van der Waals surface area contributed by atoms with Crippen LogP contribution in [0, 0.1) is 0 Å². The average Bonchev–Trinajstić information content (AvgIpc) is 3.53. The highest BCUT2D eigenvalue weighted by Crippen LogP contribution is 2.34. The second kappa shape index (κ2) is 7.93. The van der Waals surface area contributed by atoms with Crippen LogP contribution in [0.25, 0.3) is 0 Å². The van der Waals surface area contributed by atoms with Crippen molar-refractivity contribution in [1.82, 2.24) is 14.1 Å². The van der Waals surface area contributed by atoms with E-state index in [9.17, 15) is 18.0 Å². The van der Waals surface area contributed by atoms with Gasteiger partial charge in [0.15, 0.2) is 0 Å². The Labute approximate surface area is 166 Å². The number of nitrogens with zero attached hydrogens (tertiary/aromatic N) is 3. The van der Waals surface area contributed by atoms with Crippen LogP contribution in [0.1, 0.15) is 43.7 Å². The zero-order chi connectivity index (χ0) is 19.7. The van der Waals surface area contributed by atoms with Gasteiger partial charge in [-0.15, -0.1) is 0 Å². The first-order valence-corrected chi connectivity index (χ1v) is 11.7. The van der Waals surface area contributed by atoms with Crippen molar-refractivity contribution < 1.29 is 18.0 Å². The Balaban J connectivity index is 1.50. The second-order valence-corrected chi connectivity index (χ2v) is 9.91. The Morgan fingerprint density at radius 1 is 0.964 bits per heavy atom. The number of piperidine rings is 1. The summed E-state index contributed by atoms with van der Waals surface area (Å²) in [6.07, 6.45) is 3.57. The third-order valence-corrected chi connectivity index (χ3v) is 7.77. The van der Waals surface area contributed by atoms with Crippen molar-refractivity contribution in [3.63, 3.8) is 0 Å². The zero-order valence-corrected chi connectivity index (χ0v) is 16.8. The largest absolute Gasteiger partial charge is 0.297 e. The number of likely N-dealkylation sites (tertiary alicyclic amines) is 1. The van der Waals surface area contributed by atoms with Gasteiger partial charge in [0.2, 0.25) is 21.8 Å². The number of carbonyl (C=O) groups is 2. The van der Waals surface area contributed by atoms with Crippen LogP contribution in [0.5, 0.6) is 0 Å². The van der Waals surface area contributed by atoms with Gasteiger partial charge in [-0.3, -0.25) is 19.4 Å². The third kappa shape index (κ3) is 4.14. The van der Waals surface area contributed by atoms with Gasteiger partial charge in [-0.2, -0.15) is 4.31 Å². The lowest BCUT2D eigenvalue weighted by Gasteiger charge is -2.41. The zero-order valence-electron chi connectivity index (χ0n) is 16.0. The number of amides is 2. The fourth-order valence-electron chi connectivity index (χ4n) is 4.21. The van der Waals surface area contributed by atoms with Crippen LogP contribution in [-0.4, -0.2) is 72.3 Å². The van der Waals surface area contributed by atoms with Gasteiger partial charge in [-0.1, -0.05) is 30.3 Å². The van der Waals surface area contributed by atoms with Crippen LogP contribution < -0.4 is 0 Å². The highest BCUT2D eigenvalue weighted by atomic mass is 32.2. The second-order valence-electron chi connectivity index (χ2n) is 7.87. The molecule has 0 radical (unpaired) electrons. The van der Waals surface area contributed by atoms with E-state index >= 15 is 0 Å². The first-order valence-electron chi connectivity index (χ1n) is 10.1. The number of sulfonamides is 1. The number of rotatable bonds is 6. The molecule has 1 atom stereocenters. The normalized spacial score (nSPS) is 25.3. The van der Waals surface area contributed by atoms with E-state index in [4.69, 9.17) is 0 Å². The number of benzene rings is 1. The first kappa shape index (κ1) is 19.5. The molecule has 7 nitrogen and oxygen atoms in total. The summed E-state index contributed by atoms with van der Waals surface area (Å²) >= 11 is 0. The molecule has 1 aromatic carbocycles. The molecule has 0 spiro atoms. The quantitative estimate of drug-likeness (QED) is 0.668. The van der Waals surface area contributed by atoms with E-state index in [2.05, 4.69) is 4.90 Å². The van der Waals surface area contributed by atoms with Crippen molar-refractivity contribution in [2.24, 2.45) is 0 Å². The lowest BCUT2D eigenvalue weighted by molar-refractivity contribution is -0.147. The predicted octanol–water partition coefficient (Wildman–Crippen LogP) is 1.38. The minimum atomic E-state index is -3.60. The molecule has 8 heteroatoms. The molecule has 3 aliphatic rings. The van der Waals surface area contributed by atoms with Crippen molar-refractivity contribution in [1.29, 1.82) is 0 Å². The molecule has 2 heterocycles. The lowest BCUT2D eigenvalue weighted by atomic mass is 10.0. The molecule has 1 saturated carbocycles. The number of hydrogen-bond acceptors (Lipinski definition) is 5. The summed E-state index contributed by atoms with van der Waals surface area (Å²) in [6.45, 7) is 1.81. The van der Waals surface area contributed by atoms with E-state index in [1.165, 1.54) is 12.8 Å². The maximum Gasteiger partial charge on any atom is 0.229 e. The SMILES string of the molecule is O=C1CCCC(=O)N1CCS(=O)(=O)N1CCN(C2CC2)CC1c1ccccc1. The summed E-state index contributed by atoms with van der Waals surface area (Å²) in [6, 6.07) is 10.1. The molecule has 0 aromatic heterocycles. The minimum Gasteiger partial charge on any atom is -0.297 e. The van der Waals surface area contributed by atoms with Gasteiger partial charge in [0, 0.05) is 45.1 Å². The minimum absolute atomic E-state index is 0.0512. The molecular formula is C20H27N3O4S. The Morgan fingerprint density at radius 3 is 2.29 bits per heavy atom. The molecule has 2 amide bonds. The van der Waals surface area contributed by atoms with Crippen molar-refractivity contribution >= 4 is 21.8 Å². The van der Waals surface area contributed by atoms with Gasteiger partial charge in [-0.25, -0.2) is 8.42 Å². The van der Waals surface area contributed by atoms with E-state index < -0.39 is 10.0 Å². The number of hydrogen-bond donors (Lipinski definition) is 0. The molecule has 3 fully saturated rings. The molecule has 1 aromatic rings. The topological polar surface area (TPSA) is 78.0 Å². The van der Waals surface area contributed by atoms with Gasteiger partial charge < -0.3 is 0 Å². The molecule has 0 N–H and O–H groups in total. The highest BCUT2D eigenvalue weighted by molar-refractivity contribution is 7.89. The van der Waals surface area contributed by atoms with Crippen molar-refractivity contribution in [3.8, 4) is 0 Å². The van der Waals surface area contributed by atoms with Crippen molar-refractivity contribution in [2.75, 3.05) is 31.9 Å². The van der Waals surface area contributed by atoms with E-state index in [1.807, 2.05) is 30.3 Å². The molecule has 2 saturated heterocycles. The van der Waals surface area contributed by atoms with E-state index in [1.54, 1.807) is 4.31 Å². The molecule has 0 bridgehead atoms. The van der Waals surface area contributed by atoms with Gasteiger partial charge in [0.1, 0.15) is 0 Å². The van der Waals surface area contributed by atoms with E-state index in [-0.39, 0.29) is 30.2 Å². The number of piperazine rings is 1. The fraction of sp³-hybridized carbons (Fsp3) is 0.600. The van der Waals surface area contributed by atoms with E-state index in [0.29, 0.717) is 38.4 Å². The Kier molecular flexibility index (Phi) is 5.53. The van der Waals surface area contributed by atoms with Crippen LogP contribution in [-0.2, 0) is 19.6 Å². The number of imide groups is 1. The van der Waals surface area contributed by atoms with Gasteiger partial charge in [-0.05, 0) is 24.8 Å². The summed E-state index contributed by atoms with van der Waals surface area (Å²) in [5.74, 6) is -0.730. The highest BCUT2D eigenvalue weighted by Gasteiger charge is 2.40. The van der Waals surface area contributed by atoms with Gasteiger partial charge in [0.25, 0.3) is 0 Å². The van der Waals surface area contributed by atoms with Gasteiger partial charge >= 0.3 is 0 Å². The Bertz CT molecular complexity index is 822. The molecule has 2 aliphatic heterocycles. The molecule has 4 rings (SSSR count). The van der Waals surface area contributed by atoms with Crippen LogP contribution in [0.15, 0.2) is 30.3 Å². The lowest BCUT2D eigenvalue weighted by Crippen LogP contribution is -2.53. The van der Waals surface area contributed by atoms with Crippen LogP contribution in [0.3, 0.4) is 0 Å². The van der Waals surface area contributed by atoms with Crippen LogP contribution in [0.4, 0.5) is 0 Å². The van der Waals surface area contributed by atoms with Crippen LogP contribution in [0.2, 0.25) is 0 Å². The first-order chi connectivity index (χ1) is 13.5. The average molecular weight is 406 g/mol. The molecular weight excluding hydrogens is 378 g/mol. The Hall–Kier alpha value is -1.77. The van der Waals surface area contributed by atoms with E-state index in [0.717, 1.165) is 17.0 Å². The summed E-state index contributed by atoms with van der Waals surface area (Å²) in [4.78, 5) is 27.5. The van der Waals surface area contributed by atoms with Gasteiger partial charge in [0.05, 0.1) is 11.8 Å². The van der Waals surface area contributed by atoms with Crippen molar-refractivity contribution in [3.05, 3.63) is 35.9 Å². The molecule has 1 aliphatic carbocycles. The standard InChI is InChI=1S/C20H27N3O4S/c24-19-7-4-8-20(25)22(19)13-14-28(26,27)23-12-11-21(17-9-10-17)15-18(23)16-5-2-1-3-6-16/h1-3,5-6,17-18H,4,7-15H2. The monoisotopic (exact) mass is 405 g/mol. The summed E-state index contributed by atoms with van der Waals surface area (Å²) in [7, 11) is -3.60. The third-order valence-electron chi connectivity index (χ3n) is 5.92. The summed E-state index contributed by atoms with van der Waals surface area (Å²) in [5.41, 5.74) is 0.988. The molecule has 1 unspecified atom stereocenters. The molecule has 28 heavy (non-hydrogen) atoms. The van der Waals surface area contributed by atoms with Crippen molar-refractivity contribution in [2.45, 2.75) is 44.2 Å². The number of carbonyl (C=O) groups excluding carboxylic acids is 2. The fourth-order valence-corrected chi connectivity index (χ4v) is 5.80. The maximum atomic E-state index is 13.2.